The van der Waals surface area contributed by atoms with Crippen molar-refractivity contribution in [2.75, 3.05) is 6.61 Å². The second kappa shape index (κ2) is 7.75. The molecule has 0 aliphatic heterocycles. The third-order valence-corrected chi connectivity index (χ3v) is 3.30. The maximum Gasteiger partial charge on any atom is 0.347 e. The molecule has 1 aromatic rings. The van der Waals surface area contributed by atoms with E-state index in [0.717, 1.165) is 5.56 Å². The summed E-state index contributed by atoms with van der Waals surface area (Å²) >= 11 is 9.40. The summed E-state index contributed by atoms with van der Waals surface area (Å²) in [5.41, 5.74) is 1.03. The number of alkyl halides is 1. The van der Waals surface area contributed by atoms with Crippen molar-refractivity contribution in [3.63, 3.8) is 0 Å². The Kier molecular flexibility index (Phi) is 6.66. The predicted octanol–water partition coefficient (Wildman–Crippen LogP) is 4.20. The SMILES string of the molecule is CC(C)COC(=O)[C@H](C)Oc1cc(CBr)ccc1Cl. The molecule has 0 aromatic heterocycles. The molecule has 0 aliphatic carbocycles. The van der Waals surface area contributed by atoms with Crippen molar-refractivity contribution in [2.45, 2.75) is 32.2 Å². The summed E-state index contributed by atoms with van der Waals surface area (Å²) < 4.78 is 10.7. The van der Waals surface area contributed by atoms with Crippen LogP contribution in [0.15, 0.2) is 18.2 Å². The Labute approximate surface area is 127 Å². The normalized spacial score (nSPS) is 12.3. The molecule has 0 bridgehead atoms. The van der Waals surface area contributed by atoms with Gasteiger partial charge < -0.3 is 9.47 Å². The average Bonchev–Trinajstić information content (AvgIpc) is 2.38. The molecule has 1 rings (SSSR count). The maximum absolute atomic E-state index is 11.7. The number of hydrogen-bond acceptors (Lipinski definition) is 3. The molecule has 0 spiro atoms. The van der Waals surface area contributed by atoms with Gasteiger partial charge in [0, 0.05) is 5.33 Å². The van der Waals surface area contributed by atoms with E-state index in [-0.39, 0.29) is 5.97 Å². The van der Waals surface area contributed by atoms with Gasteiger partial charge in [0.25, 0.3) is 0 Å². The van der Waals surface area contributed by atoms with Crippen LogP contribution in [0.5, 0.6) is 5.75 Å². The maximum atomic E-state index is 11.7. The minimum Gasteiger partial charge on any atom is -0.477 e. The van der Waals surface area contributed by atoms with Gasteiger partial charge in [-0.2, -0.15) is 0 Å². The van der Waals surface area contributed by atoms with Crippen molar-refractivity contribution in [1.29, 1.82) is 0 Å². The van der Waals surface area contributed by atoms with Crippen molar-refractivity contribution in [2.24, 2.45) is 5.92 Å². The molecule has 0 aliphatic rings. The van der Waals surface area contributed by atoms with Crippen LogP contribution in [-0.2, 0) is 14.9 Å². The van der Waals surface area contributed by atoms with E-state index >= 15 is 0 Å². The molecule has 0 heterocycles. The Morgan fingerprint density at radius 1 is 1.37 bits per heavy atom. The molecular formula is C14H18BrClO3. The first-order valence-electron chi connectivity index (χ1n) is 6.11. The van der Waals surface area contributed by atoms with Gasteiger partial charge in [-0.1, -0.05) is 47.4 Å². The monoisotopic (exact) mass is 348 g/mol. The molecule has 19 heavy (non-hydrogen) atoms. The zero-order valence-corrected chi connectivity index (χ0v) is 13.6. The quantitative estimate of drug-likeness (QED) is 0.570. The summed E-state index contributed by atoms with van der Waals surface area (Å²) in [6.07, 6.45) is -0.679. The second-order valence-electron chi connectivity index (χ2n) is 4.68. The van der Waals surface area contributed by atoms with Crippen LogP contribution in [0, 0.1) is 5.92 Å². The van der Waals surface area contributed by atoms with Crippen molar-refractivity contribution in [1.82, 2.24) is 0 Å². The third kappa shape index (κ3) is 5.41. The average molecular weight is 350 g/mol. The first-order valence-corrected chi connectivity index (χ1v) is 7.61. The van der Waals surface area contributed by atoms with E-state index in [2.05, 4.69) is 15.9 Å². The first kappa shape index (κ1) is 16.3. The number of esters is 1. The third-order valence-electron chi connectivity index (χ3n) is 2.34. The zero-order valence-electron chi connectivity index (χ0n) is 11.3. The minimum absolute atomic E-state index is 0.302. The van der Waals surface area contributed by atoms with Crippen LogP contribution < -0.4 is 4.74 Å². The fourth-order valence-corrected chi connectivity index (χ4v) is 1.84. The molecule has 106 valence electrons. The largest absolute Gasteiger partial charge is 0.477 e. The number of halogens is 2. The van der Waals surface area contributed by atoms with Crippen molar-refractivity contribution in [3.05, 3.63) is 28.8 Å². The summed E-state index contributed by atoms with van der Waals surface area (Å²) in [6.45, 7) is 6.01. The van der Waals surface area contributed by atoms with Crippen LogP contribution in [0.25, 0.3) is 0 Å². The smallest absolute Gasteiger partial charge is 0.347 e. The van der Waals surface area contributed by atoms with E-state index in [4.69, 9.17) is 21.1 Å². The Hall–Kier alpha value is -0.740. The molecule has 0 unspecified atom stereocenters. The highest BCUT2D eigenvalue weighted by Gasteiger charge is 2.18. The van der Waals surface area contributed by atoms with Gasteiger partial charge in [-0.15, -0.1) is 0 Å². The van der Waals surface area contributed by atoms with E-state index in [1.54, 1.807) is 13.0 Å². The molecular weight excluding hydrogens is 332 g/mol. The van der Waals surface area contributed by atoms with Gasteiger partial charge in [-0.05, 0) is 30.5 Å². The molecule has 0 fully saturated rings. The summed E-state index contributed by atoms with van der Waals surface area (Å²) in [4.78, 5) is 11.7. The fraction of sp³-hybridized carbons (Fsp3) is 0.500. The van der Waals surface area contributed by atoms with Gasteiger partial charge in [0.05, 0.1) is 11.6 Å². The molecule has 5 heteroatoms. The number of benzene rings is 1. The van der Waals surface area contributed by atoms with E-state index in [9.17, 15) is 4.79 Å². The van der Waals surface area contributed by atoms with Crippen LogP contribution in [0.1, 0.15) is 26.3 Å². The molecule has 3 nitrogen and oxygen atoms in total. The number of carbonyl (C=O) groups is 1. The molecule has 0 saturated heterocycles. The first-order chi connectivity index (χ1) is 8.93. The lowest BCUT2D eigenvalue weighted by Crippen LogP contribution is -2.27. The highest BCUT2D eigenvalue weighted by atomic mass is 79.9. The van der Waals surface area contributed by atoms with Gasteiger partial charge in [-0.3, -0.25) is 0 Å². The summed E-state index contributed by atoms with van der Waals surface area (Å²) in [5.74, 6) is 0.415. The van der Waals surface area contributed by atoms with E-state index < -0.39 is 6.10 Å². The molecule has 0 N–H and O–H groups in total. The van der Waals surface area contributed by atoms with Gasteiger partial charge in [0.1, 0.15) is 5.75 Å². The second-order valence-corrected chi connectivity index (χ2v) is 5.65. The Bertz CT molecular complexity index is 435. The Balaban J connectivity index is 2.65. The standard InChI is InChI=1S/C14H18BrClO3/c1-9(2)8-18-14(17)10(3)19-13-6-11(7-15)4-5-12(13)16/h4-6,9-10H,7-8H2,1-3H3/t10-/m0/s1. The molecule has 1 atom stereocenters. The lowest BCUT2D eigenvalue weighted by molar-refractivity contribution is -0.152. The highest BCUT2D eigenvalue weighted by Crippen LogP contribution is 2.27. The van der Waals surface area contributed by atoms with Crippen LogP contribution in [0.4, 0.5) is 0 Å². The van der Waals surface area contributed by atoms with E-state index in [1.807, 2.05) is 26.0 Å². The van der Waals surface area contributed by atoms with Gasteiger partial charge >= 0.3 is 5.97 Å². The minimum atomic E-state index is -0.679. The number of carbonyl (C=O) groups excluding carboxylic acids is 1. The van der Waals surface area contributed by atoms with Crippen molar-refractivity contribution in [3.8, 4) is 5.75 Å². The van der Waals surface area contributed by atoms with Crippen LogP contribution in [-0.4, -0.2) is 18.7 Å². The zero-order chi connectivity index (χ0) is 14.4. The Morgan fingerprint density at radius 3 is 2.63 bits per heavy atom. The molecule has 0 radical (unpaired) electrons. The molecule has 1 aromatic carbocycles. The number of rotatable bonds is 6. The summed E-state index contributed by atoms with van der Waals surface area (Å²) in [6, 6.07) is 5.45. The Morgan fingerprint density at radius 2 is 2.05 bits per heavy atom. The van der Waals surface area contributed by atoms with Gasteiger partial charge in [-0.25, -0.2) is 4.79 Å². The van der Waals surface area contributed by atoms with Crippen molar-refractivity contribution < 1.29 is 14.3 Å². The van der Waals surface area contributed by atoms with Gasteiger partial charge in [0.2, 0.25) is 0 Å². The highest BCUT2D eigenvalue weighted by molar-refractivity contribution is 9.08. The predicted molar refractivity (Wildman–Crippen MR) is 80.0 cm³/mol. The van der Waals surface area contributed by atoms with Crippen LogP contribution >= 0.6 is 27.5 Å². The van der Waals surface area contributed by atoms with Crippen LogP contribution in [0.3, 0.4) is 0 Å². The summed E-state index contributed by atoms with van der Waals surface area (Å²) in [7, 11) is 0. The molecule has 0 saturated carbocycles. The van der Waals surface area contributed by atoms with E-state index in [1.165, 1.54) is 0 Å². The summed E-state index contributed by atoms with van der Waals surface area (Å²) in [5, 5.41) is 1.18. The van der Waals surface area contributed by atoms with Crippen molar-refractivity contribution >= 4 is 33.5 Å². The van der Waals surface area contributed by atoms with Crippen LogP contribution in [0.2, 0.25) is 5.02 Å². The lowest BCUT2D eigenvalue weighted by Gasteiger charge is -2.16. The fourth-order valence-electron chi connectivity index (χ4n) is 1.33. The molecule has 0 amide bonds. The lowest BCUT2D eigenvalue weighted by atomic mass is 10.2. The van der Waals surface area contributed by atoms with E-state index in [0.29, 0.717) is 28.6 Å². The number of hydrogen-bond donors (Lipinski definition) is 0. The number of ether oxygens (including phenoxy) is 2. The van der Waals surface area contributed by atoms with Gasteiger partial charge in [0.15, 0.2) is 6.10 Å². The topological polar surface area (TPSA) is 35.5 Å².